The first-order valence-corrected chi connectivity index (χ1v) is 7.82. The maximum atomic E-state index is 12.2. The molecule has 5 heteroatoms. The van der Waals surface area contributed by atoms with E-state index in [1.54, 1.807) is 4.90 Å². The SMILES string of the molecule is C/C(Br)=C/C1COC(C)(C)N1C(=O)OC(C)(C)C.CC. The third kappa shape index (κ3) is 5.83. The maximum absolute atomic E-state index is 12.2. The van der Waals surface area contributed by atoms with Crippen LogP contribution in [0.1, 0.15) is 55.4 Å². The average Bonchev–Trinajstić information content (AvgIpc) is 2.53. The lowest BCUT2D eigenvalue weighted by Crippen LogP contribution is -2.49. The van der Waals surface area contributed by atoms with Crippen LogP contribution in [0.5, 0.6) is 0 Å². The topological polar surface area (TPSA) is 38.8 Å². The standard InChI is InChI=1S/C13H22BrNO3.C2H6/c1-9(14)7-10-8-17-13(5,6)15(10)11(16)18-12(2,3)4;1-2/h7,10H,8H2,1-6H3;1-2H3/b9-7-;. The Kier molecular flexibility index (Phi) is 7.25. The molecule has 1 unspecified atom stereocenters. The van der Waals surface area contributed by atoms with E-state index in [1.165, 1.54) is 0 Å². The van der Waals surface area contributed by atoms with Crippen LogP contribution in [0.4, 0.5) is 4.79 Å². The Morgan fingerprint density at radius 3 is 2.30 bits per heavy atom. The summed E-state index contributed by atoms with van der Waals surface area (Å²) >= 11 is 3.39. The molecule has 0 aromatic heterocycles. The fourth-order valence-corrected chi connectivity index (χ4v) is 2.19. The first-order valence-electron chi connectivity index (χ1n) is 7.03. The first kappa shape index (κ1) is 19.4. The Hall–Kier alpha value is -0.550. The average molecular weight is 350 g/mol. The zero-order chi connectivity index (χ0) is 16.1. The highest BCUT2D eigenvalue weighted by atomic mass is 79.9. The minimum atomic E-state index is -0.647. The molecule has 0 spiro atoms. The van der Waals surface area contributed by atoms with Gasteiger partial charge in [-0.25, -0.2) is 4.79 Å². The van der Waals surface area contributed by atoms with E-state index in [0.717, 1.165) is 4.48 Å². The van der Waals surface area contributed by atoms with Crippen molar-refractivity contribution >= 4 is 22.0 Å². The summed E-state index contributed by atoms with van der Waals surface area (Å²) in [6.45, 7) is 15.7. The molecular weight excluding hydrogens is 322 g/mol. The summed E-state index contributed by atoms with van der Waals surface area (Å²) in [5.41, 5.74) is -1.15. The van der Waals surface area contributed by atoms with E-state index in [2.05, 4.69) is 15.9 Å². The van der Waals surface area contributed by atoms with Gasteiger partial charge >= 0.3 is 6.09 Å². The highest BCUT2D eigenvalue weighted by Crippen LogP contribution is 2.30. The molecule has 1 fully saturated rings. The molecule has 4 nitrogen and oxygen atoms in total. The van der Waals surface area contributed by atoms with Crippen LogP contribution in [0.2, 0.25) is 0 Å². The van der Waals surface area contributed by atoms with E-state index in [0.29, 0.717) is 6.61 Å². The van der Waals surface area contributed by atoms with Gasteiger partial charge in [0.25, 0.3) is 0 Å². The van der Waals surface area contributed by atoms with E-state index in [4.69, 9.17) is 9.47 Å². The molecule has 1 amide bonds. The number of amides is 1. The largest absolute Gasteiger partial charge is 0.444 e. The van der Waals surface area contributed by atoms with E-state index in [-0.39, 0.29) is 12.1 Å². The Balaban J connectivity index is 0.00000172. The molecule has 1 aliphatic heterocycles. The third-order valence-corrected chi connectivity index (χ3v) is 2.80. The van der Waals surface area contributed by atoms with Crippen molar-refractivity contribution in [2.75, 3.05) is 6.61 Å². The van der Waals surface area contributed by atoms with Crippen molar-refractivity contribution < 1.29 is 14.3 Å². The lowest BCUT2D eigenvalue weighted by molar-refractivity contribution is -0.0610. The van der Waals surface area contributed by atoms with Crippen LogP contribution in [-0.4, -0.2) is 35.0 Å². The number of rotatable bonds is 1. The van der Waals surface area contributed by atoms with Crippen molar-refractivity contribution in [2.45, 2.75) is 72.8 Å². The van der Waals surface area contributed by atoms with Crippen molar-refractivity contribution in [3.05, 3.63) is 10.6 Å². The molecule has 0 aromatic rings. The van der Waals surface area contributed by atoms with Gasteiger partial charge < -0.3 is 9.47 Å². The molecule has 20 heavy (non-hydrogen) atoms. The summed E-state index contributed by atoms with van der Waals surface area (Å²) in [6, 6.07) is -0.103. The van der Waals surface area contributed by atoms with Crippen molar-refractivity contribution in [1.82, 2.24) is 4.90 Å². The maximum Gasteiger partial charge on any atom is 0.413 e. The zero-order valence-corrected chi connectivity index (χ0v) is 15.5. The Labute approximate surface area is 131 Å². The van der Waals surface area contributed by atoms with Crippen LogP contribution in [0.3, 0.4) is 0 Å². The minimum Gasteiger partial charge on any atom is -0.444 e. The summed E-state index contributed by atoms with van der Waals surface area (Å²) < 4.78 is 12.1. The van der Waals surface area contributed by atoms with Crippen molar-refractivity contribution in [1.29, 1.82) is 0 Å². The van der Waals surface area contributed by atoms with Gasteiger partial charge in [-0.1, -0.05) is 29.8 Å². The highest BCUT2D eigenvalue weighted by Gasteiger charge is 2.44. The molecule has 1 aliphatic rings. The van der Waals surface area contributed by atoms with Gasteiger partial charge in [0.1, 0.15) is 11.3 Å². The Morgan fingerprint density at radius 2 is 1.90 bits per heavy atom. The van der Waals surface area contributed by atoms with E-state index < -0.39 is 11.3 Å². The van der Waals surface area contributed by atoms with E-state index in [9.17, 15) is 4.79 Å². The van der Waals surface area contributed by atoms with Crippen LogP contribution < -0.4 is 0 Å². The van der Waals surface area contributed by atoms with Crippen LogP contribution >= 0.6 is 15.9 Å². The molecule has 1 atom stereocenters. The Morgan fingerprint density at radius 1 is 1.40 bits per heavy atom. The number of carbonyl (C=O) groups excluding carboxylic acids is 1. The van der Waals surface area contributed by atoms with Gasteiger partial charge in [-0.2, -0.15) is 0 Å². The van der Waals surface area contributed by atoms with Gasteiger partial charge in [0.2, 0.25) is 0 Å². The second-order valence-electron chi connectivity index (χ2n) is 5.93. The van der Waals surface area contributed by atoms with Gasteiger partial charge in [0.05, 0.1) is 12.6 Å². The van der Waals surface area contributed by atoms with Crippen LogP contribution in [0, 0.1) is 0 Å². The van der Waals surface area contributed by atoms with Gasteiger partial charge in [-0.05, 0) is 52.1 Å². The van der Waals surface area contributed by atoms with Crippen LogP contribution in [0.25, 0.3) is 0 Å². The molecular formula is C15H28BrNO3. The predicted molar refractivity (Wildman–Crippen MR) is 85.9 cm³/mol. The number of halogens is 1. The quantitative estimate of drug-likeness (QED) is 0.689. The summed E-state index contributed by atoms with van der Waals surface area (Å²) in [4.78, 5) is 13.9. The lowest BCUT2D eigenvalue weighted by Gasteiger charge is -2.34. The normalized spacial score (nSPS) is 22.1. The van der Waals surface area contributed by atoms with Gasteiger partial charge in [-0.15, -0.1) is 0 Å². The van der Waals surface area contributed by atoms with Gasteiger partial charge in [0.15, 0.2) is 0 Å². The molecule has 0 saturated carbocycles. The smallest absolute Gasteiger partial charge is 0.413 e. The molecule has 0 N–H and O–H groups in total. The number of hydrogen-bond acceptors (Lipinski definition) is 3. The highest BCUT2D eigenvalue weighted by molar-refractivity contribution is 9.11. The van der Waals surface area contributed by atoms with E-state index >= 15 is 0 Å². The number of carbonyl (C=O) groups is 1. The molecule has 118 valence electrons. The summed E-state index contributed by atoms with van der Waals surface area (Å²) in [6.07, 6.45) is 1.61. The first-order chi connectivity index (χ1) is 9.03. The second kappa shape index (κ2) is 7.46. The monoisotopic (exact) mass is 349 g/mol. The van der Waals surface area contributed by atoms with E-state index in [1.807, 2.05) is 61.5 Å². The Bertz CT molecular complexity index is 355. The van der Waals surface area contributed by atoms with Crippen molar-refractivity contribution in [3.63, 3.8) is 0 Å². The van der Waals surface area contributed by atoms with Gasteiger partial charge in [0, 0.05) is 0 Å². The summed E-state index contributed by atoms with van der Waals surface area (Å²) in [5, 5.41) is 0. The minimum absolute atomic E-state index is 0.103. The van der Waals surface area contributed by atoms with Crippen molar-refractivity contribution in [3.8, 4) is 0 Å². The number of nitrogens with zero attached hydrogens (tertiary/aromatic N) is 1. The molecule has 0 bridgehead atoms. The summed E-state index contributed by atoms with van der Waals surface area (Å²) in [5.74, 6) is 0. The molecule has 0 radical (unpaired) electrons. The van der Waals surface area contributed by atoms with Gasteiger partial charge in [-0.3, -0.25) is 4.90 Å². The second-order valence-corrected chi connectivity index (χ2v) is 7.18. The predicted octanol–water partition coefficient (Wildman–Crippen LogP) is 4.68. The number of hydrogen-bond donors (Lipinski definition) is 0. The van der Waals surface area contributed by atoms with Crippen LogP contribution in [0.15, 0.2) is 10.6 Å². The lowest BCUT2D eigenvalue weighted by atomic mass is 10.2. The number of allylic oxidation sites excluding steroid dienone is 1. The molecule has 1 rings (SSSR count). The third-order valence-electron chi connectivity index (χ3n) is 2.53. The van der Waals surface area contributed by atoms with Crippen LogP contribution in [-0.2, 0) is 9.47 Å². The fourth-order valence-electron chi connectivity index (χ4n) is 1.89. The molecule has 1 saturated heterocycles. The fraction of sp³-hybridized carbons (Fsp3) is 0.800. The molecule has 0 aromatic carbocycles. The number of ether oxygens (including phenoxy) is 2. The molecule has 0 aliphatic carbocycles. The molecule has 1 heterocycles. The zero-order valence-electron chi connectivity index (χ0n) is 13.9. The van der Waals surface area contributed by atoms with Crippen molar-refractivity contribution in [2.24, 2.45) is 0 Å². The summed E-state index contributed by atoms with van der Waals surface area (Å²) in [7, 11) is 0.